The van der Waals surface area contributed by atoms with Crippen LogP contribution in [0.4, 0.5) is 4.39 Å². The molecule has 0 saturated heterocycles. The molecule has 0 saturated carbocycles. The fourth-order valence-electron chi connectivity index (χ4n) is 1.89. The van der Waals surface area contributed by atoms with Crippen molar-refractivity contribution in [3.8, 4) is 5.75 Å². The van der Waals surface area contributed by atoms with Crippen LogP contribution in [0.15, 0.2) is 46.9 Å². The third-order valence-electron chi connectivity index (χ3n) is 3.04. The van der Waals surface area contributed by atoms with E-state index < -0.39 is 0 Å². The SMILES string of the molecule is CC(C)NCc1cccc(OCc2cccc(F)c2Br)c1. The van der Waals surface area contributed by atoms with E-state index in [1.807, 2.05) is 24.3 Å². The molecule has 2 aromatic carbocycles. The van der Waals surface area contributed by atoms with Gasteiger partial charge in [0.15, 0.2) is 0 Å². The molecule has 0 spiro atoms. The van der Waals surface area contributed by atoms with Gasteiger partial charge in [-0.05, 0) is 39.7 Å². The highest BCUT2D eigenvalue weighted by molar-refractivity contribution is 9.10. The first kappa shape index (κ1) is 16.0. The monoisotopic (exact) mass is 351 g/mol. The minimum atomic E-state index is -0.272. The van der Waals surface area contributed by atoms with Crippen LogP contribution in [0.1, 0.15) is 25.0 Å². The topological polar surface area (TPSA) is 21.3 Å². The Labute approximate surface area is 133 Å². The van der Waals surface area contributed by atoms with E-state index in [9.17, 15) is 4.39 Å². The lowest BCUT2D eigenvalue weighted by Crippen LogP contribution is -2.21. The molecule has 0 aliphatic rings. The maximum absolute atomic E-state index is 13.4. The maximum Gasteiger partial charge on any atom is 0.137 e. The zero-order valence-electron chi connectivity index (χ0n) is 12.2. The van der Waals surface area contributed by atoms with Crippen molar-refractivity contribution >= 4 is 15.9 Å². The quantitative estimate of drug-likeness (QED) is 0.816. The van der Waals surface area contributed by atoms with Crippen LogP contribution in [0.5, 0.6) is 5.75 Å². The molecule has 4 heteroatoms. The molecule has 2 aromatic rings. The fourth-order valence-corrected chi connectivity index (χ4v) is 2.27. The molecule has 0 amide bonds. The number of rotatable bonds is 6. The van der Waals surface area contributed by atoms with Crippen LogP contribution in [0.2, 0.25) is 0 Å². The molecule has 0 aromatic heterocycles. The van der Waals surface area contributed by atoms with Crippen LogP contribution < -0.4 is 10.1 Å². The zero-order chi connectivity index (χ0) is 15.2. The average Bonchev–Trinajstić information content (AvgIpc) is 2.47. The number of nitrogens with one attached hydrogen (secondary N) is 1. The normalized spacial score (nSPS) is 10.9. The molecular weight excluding hydrogens is 333 g/mol. The van der Waals surface area contributed by atoms with Crippen LogP contribution in [0.25, 0.3) is 0 Å². The lowest BCUT2D eigenvalue weighted by atomic mass is 10.2. The van der Waals surface area contributed by atoms with Gasteiger partial charge in [-0.3, -0.25) is 0 Å². The van der Waals surface area contributed by atoms with Gasteiger partial charge in [0, 0.05) is 18.2 Å². The first-order chi connectivity index (χ1) is 10.1. The molecule has 1 N–H and O–H groups in total. The average molecular weight is 352 g/mol. The Balaban J connectivity index is 2.00. The molecule has 0 heterocycles. The minimum absolute atomic E-state index is 0.272. The van der Waals surface area contributed by atoms with E-state index in [-0.39, 0.29) is 5.82 Å². The van der Waals surface area contributed by atoms with Crippen LogP contribution in [-0.2, 0) is 13.2 Å². The summed E-state index contributed by atoms with van der Waals surface area (Å²) in [5.41, 5.74) is 1.96. The summed E-state index contributed by atoms with van der Waals surface area (Å²) in [6.07, 6.45) is 0. The molecule has 21 heavy (non-hydrogen) atoms. The standard InChI is InChI=1S/C17H19BrFNO/c1-12(2)20-10-13-5-3-7-15(9-13)21-11-14-6-4-8-16(19)17(14)18/h3-9,12,20H,10-11H2,1-2H3. The van der Waals surface area contributed by atoms with Gasteiger partial charge in [0.1, 0.15) is 18.2 Å². The van der Waals surface area contributed by atoms with Crippen molar-refractivity contribution in [2.45, 2.75) is 33.0 Å². The van der Waals surface area contributed by atoms with E-state index >= 15 is 0 Å². The van der Waals surface area contributed by atoms with Crippen LogP contribution in [0, 0.1) is 5.82 Å². The minimum Gasteiger partial charge on any atom is -0.489 e. The van der Waals surface area contributed by atoms with Gasteiger partial charge in [-0.1, -0.05) is 38.1 Å². The highest BCUT2D eigenvalue weighted by Gasteiger charge is 2.06. The molecule has 0 aliphatic carbocycles. The van der Waals surface area contributed by atoms with E-state index in [0.29, 0.717) is 17.1 Å². The number of ether oxygens (including phenoxy) is 1. The van der Waals surface area contributed by atoms with Gasteiger partial charge in [-0.2, -0.15) is 0 Å². The van der Waals surface area contributed by atoms with E-state index in [0.717, 1.165) is 17.9 Å². The largest absolute Gasteiger partial charge is 0.489 e. The van der Waals surface area contributed by atoms with Gasteiger partial charge >= 0.3 is 0 Å². The predicted molar refractivity (Wildman–Crippen MR) is 86.8 cm³/mol. The molecule has 2 rings (SSSR count). The Morgan fingerprint density at radius 3 is 2.71 bits per heavy atom. The van der Waals surface area contributed by atoms with E-state index in [4.69, 9.17) is 4.74 Å². The van der Waals surface area contributed by atoms with Gasteiger partial charge in [-0.15, -0.1) is 0 Å². The maximum atomic E-state index is 13.4. The summed E-state index contributed by atoms with van der Waals surface area (Å²) in [5, 5.41) is 3.37. The molecular formula is C17H19BrFNO. The second kappa shape index (κ2) is 7.57. The first-order valence-corrected chi connectivity index (χ1v) is 7.73. The van der Waals surface area contributed by atoms with E-state index in [1.165, 1.54) is 11.6 Å². The van der Waals surface area contributed by atoms with Crippen molar-refractivity contribution in [2.24, 2.45) is 0 Å². The lowest BCUT2D eigenvalue weighted by molar-refractivity contribution is 0.304. The highest BCUT2D eigenvalue weighted by atomic mass is 79.9. The number of hydrogen-bond acceptors (Lipinski definition) is 2. The fraction of sp³-hybridized carbons (Fsp3) is 0.294. The van der Waals surface area contributed by atoms with Gasteiger partial charge in [0.05, 0.1) is 4.47 Å². The molecule has 0 unspecified atom stereocenters. The number of hydrogen-bond donors (Lipinski definition) is 1. The molecule has 2 nitrogen and oxygen atoms in total. The summed E-state index contributed by atoms with van der Waals surface area (Å²) < 4.78 is 19.6. The molecule has 0 radical (unpaired) electrons. The van der Waals surface area contributed by atoms with Gasteiger partial charge in [0.25, 0.3) is 0 Å². The second-order valence-electron chi connectivity index (χ2n) is 5.18. The Bertz CT molecular complexity index is 601. The molecule has 0 aliphatic heterocycles. The lowest BCUT2D eigenvalue weighted by Gasteiger charge is -2.11. The third kappa shape index (κ3) is 4.83. The van der Waals surface area contributed by atoms with Crippen molar-refractivity contribution in [3.05, 3.63) is 63.9 Å². The summed E-state index contributed by atoms with van der Waals surface area (Å²) in [6, 6.07) is 13.3. The third-order valence-corrected chi connectivity index (χ3v) is 3.93. The van der Waals surface area contributed by atoms with Crippen LogP contribution >= 0.6 is 15.9 Å². The number of benzene rings is 2. The summed E-state index contributed by atoms with van der Waals surface area (Å²) in [5.74, 6) is 0.514. The summed E-state index contributed by atoms with van der Waals surface area (Å²) in [7, 11) is 0. The van der Waals surface area contributed by atoms with Crippen molar-refractivity contribution in [1.29, 1.82) is 0 Å². The van der Waals surface area contributed by atoms with Crippen molar-refractivity contribution < 1.29 is 9.13 Å². The molecule has 112 valence electrons. The second-order valence-corrected chi connectivity index (χ2v) is 5.98. The Kier molecular flexibility index (Phi) is 5.76. The molecule has 0 atom stereocenters. The van der Waals surface area contributed by atoms with E-state index in [1.54, 1.807) is 6.07 Å². The smallest absolute Gasteiger partial charge is 0.137 e. The molecule has 0 bridgehead atoms. The van der Waals surface area contributed by atoms with Crippen molar-refractivity contribution in [2.75, 3.05) is 0 Å². The van der Waals surface area contributed by atoms with E-state index in [2.05, 4.69) is 41.2 Å². The Morgan fingerprint density at radius 1 is 1.19 bits per heavy atom. The zero-order valence-corrected chi connectivity index (χ0v) is 13.8. The van der Waals surface area contributed by atoms with Crippen molar-refractivity contribution in [1.82, 2.24) is 5.32 Å². The Morgan fingerprint density at radius 2 is 1.95 bits per heavy atom. The van der Waals surface area contributed by atoms with Crippen molar-refractivity contribution in [3.63, 3.8) is 0 Å². The summed E-state index contributed by atoms with van der Waals surface area (Å²) in [4.78, 5) is 0. The van der Waals surface area contributed by atoms with Gasteiger partial charge in [0.2, 0.25) is 0 Å². The predicted octanol–water partition coefficient (Wildman–Crippen LogP) is 4.67. The summed E-state index contributed by atoms with van der Waals surface area (Å²) >= 11 is 3.24. The number of halogens is 2. The molecule has 0 fully saturated rings. The van der Waals surface area contributed by atoms with Gasteiger partial charge in [-0.25, -0.2) is 4.39 Å². The Hall–Kier alpha value is -1.39. The van der Waals surface area contributed by atoms with Crippen LogP contribution in [-0.4, -0.2) is 6.04 Å². The van der Waals surface area contributed by atoms with Crippen LogP contribution in [0.3, 0.4) is 0 Å². The highest BCUT2D eigenvalue weighted by Crippen LogP contribution is 2.22. The van der Waals surface area contributed by atoms with Gasteiger partial charge < -0.3 is 10.1 Å². The summed E-state index contributed by atoms with van der Waals surface area (Å²) in [6.45, 7) is 5.36. The first-order valence-electron chi connectivity index (χ1n) is 6.94.